The standard InChI is InChI=1S/C13H26N4O/c1-5-17(6-2)8-7-12-15-13(18-16-12)11(14)9-10(3)4/h10-11H,5-9,14H2,1-4H3. The van der Waals surface area contributed by atoms with Crippen LogP contribution in [0.5, 0.6) is 0 Å². The summed E-state index contributed by atoms with van der Waals surface area (Å²) >= 11 is 0. The van der Waals surface area contributed by atoms with E-state index in [1.165, 1.54) is 0 Å². The summed E-state index contributed by atoms with van der Waals surface area (Å²) in [4.78, 5) is 6.71. The van der Waals surface area contributed by atoms with E-state index in [0.29, 0.717) is 11.8 Å². The van der Waals surface area contributed by atoms with Crippen molar-refractivity contribution in [3.05, 3.63) is 11.7 Å². The molecule has 0 spiro atoms. The monoisotopic (exact) mass is 254 g/mol. The van der Waals surface area contributed by atoms with Crippen LogP contribution in [0.2, 0.25) is 0 Å². The Labute approximate surface area is 110 Å². The highest BCUT2D eigenvalue weighted by atomic mass is 16.5. The molecule has 0 saturated heterocycles. The van der Waals surface area contributed by atoms with Gasteiger partial charge in [-0.15, -0.1) is 0 Å². The molecule has 0 aliphatic rings. The number of rotatable bonds is 8. The fourth-order valence-corrected chi connectivity index (χ4v) is 1.93. The van der Waals surface area contributed by atoms with Gasteiger partial charge in [0.1, 0.15) is 0 Å². The summed E-state index contributed by atoms with van der Waals surface area (Å²) in [7, 11) is 0. The molecule has 1 atom stereocenters. The van der Waals surface area contributed by atoms with Gasteiger partial charge < -0.3 is 15.2 Å². The highest BCUT2D eigenvalue weighted by Gasteiger charge is 2.16. The second-order valence-electron chi connectivity index (χ2n) is 5.06. The van der Waals surface area contributed by atoms with Crippen LogP contribution in [0.1, 0.15) is 51.9 Å². The molecule has 0 bridgehead atoms. The van der Waals surface area contributed by atoms with Crippen LogP contribution in [0, 0.1) is 5.92 Å². The molecule has 1 heterocycles. The van der Waals surface area contributed by atoms with E-state index >= 15 is 0 Å². The summed E-state index contributed by atoms with van der Waals surface area (Å²) in [5, 5.41) is 3.99. The third kappa shape index (κ3) is 4.74. The van der Waals surface area contributed by atoms with Gasteiger partial charge in [-0.25, -0.2) is 0 Å². The third-order valence-corrected chi connectivity index (χ3v) is 3.07. The molecule has 18 heavy (non-hydrogen) atoms. The molecule has 5 heteroatoms. The predicted molar refractivity (Wildman–Crippen MR) is 72.2 cm³/mol. The first kappa shape index (κ1) is 15.1. The van der Waals surface area contributed by atoms with Crippen molar-refractivity contribution in [1.29, 1.82) is 0 Å². The van der Waals surface area contributed by atoms with Crippen LogP contribution < -0.4 is 5.73 Å². The zero-order chi connectivity index (χ0) is 13.5. The van der Waals surface area contributed by atoms with Crippen LogP contribution >= 0.6 is 0 Å². The molecule has 0 radical (unpaired) electrons. The summed E-state index contributed by atoms with van der Waals surface area (Å²) < 4.78 is 5.22. The lowest BCUT2D eigenvalue weighted by atomic mass is 10.0. The first-order valence-electron chi connectivity index (χ1n) is 6.87. The average Bonchev–Trinajstić information content (AvgIpc) is 2.78. The lowest BCUT2D eigenvalue weighted by Crippen LogP contribution is -2.25. The van der Waals surface area contributed by atoms with Gasteiger partial charge in [0.15, 0.2) is 5.82 Å². The first-order chi connectivity index (χ1) is 8.56. The molecule has 0 aliphatic carbocycles. The Balaban J connectivity index is 2.47. The largest absolute Gasteiger partial charge is 0.338 e. The van der Waals surface area contributed by atoms with Crippen molar-refractivity contribution in [2.45, 2.75) is 46.6 Å². The van der Waals surface area contributed by atoms with Gasteiger partial charge in [0.05, 0.1) is 6.04 Å². The normalized spacial score (nSPS) is 13.5. The number of likely N-dealkylation sites (N-methyl/N-ethyl adjacent to an activating group) is 1. The van der Waals surface area contributed by atoms with Crippen LogP contribution in [0.25, 0.3) is 0 Å². The average molecular weight is 254 g/mol. The number of nitrogens with zero attached hydrogens (tertiary/aromatic N) is 3. The highest BCUT2D eigenvalue weighted by Crippen LogP contribution is 2.16. The maximum atomic E-state index is 6.01. The fourth-order valence-electron chi connectivity index (χ4n) is 1.93. The fraction of sp³-hybridized carbons (Fsp3) is 0.846. The Bertz CT molecular complexity index is 333. The number of aromatic nitrogens is 2. The third-order valence-electron chi connectivity index (χ3n) is 3.07. The molecule has 104 valence electrons. The topological polar surface area (TPSA) is 68.2 Å². The zero-order valence-corrected chi connectivity index (χ0v) is 12.0. The smallest absolute Gasteiger partial charge is 0.243 e. The lowest BCUT2D eigenvalue weighted by Gasteiger charge is -2.16. The Morgan fingerprint density at radius 1 is 1.28 bits per heavy atom. The SMILES string of the molecule is CCN(CC)CCc1noc(C(N)CC(C)C)n1. The van der Waals surface area contributed by atoms with E-state index < -0.39 is 0 Å². The minimum atomic E-state index is -0.139. The van der Waals surface area contributed by atoms with Gasteiger partial charge >= 0.3 is 0 Å². The molecular formula is C13H26N4O. The summed E-state index contributed by atoms with van der Waals surface area (Å²) in [6.45, 7) is 11.6. The highest BCUT2D eigenvalue weighted by molar-refractivity contribution is 4.92. The van der Waals surface area contributed by atoms with Crippen LogP contribution in [-0.2, 0) is 6.42 Å². The quantitative estimate of drug-likeness (QED) is 0.768. The van der Waals surface area contributed by atoms with Gasteiger partial charge in [-0.1, -0.05) is 32.9 Å². The van der Waals surface area contributed by atoms with Crippen molar-refractivity contribution < 1.29 is 4.52 Å². The van der Waals surface area contributed by atoms with Crippen molar-refractivity contribution in [3.63, 3.8) is 0 Å². The van der Waals surface area contributed by atoms with Crippen molar-refractivity contribution in [2.24, 2.45) is 11.7 Å². The van der Waals surface area contributed by atoms with Crippen molar-refractivity contribution in [3.8, 4) is 0 Å². The Kier molecular flexibility index (Phi) is 6.29. The van der Waals surface area contributed by atoms with Crippen molar-refractivity contribution >= 4 is 0 Å². The maximum Gasteiger partial charge on any atom is 0.243 e. The van der Waals surface area contributed by atoms with E-state index in [1.54, 1.807) is 0 Å². The van der Waals surface area contributed by atoms with Gasteiger partial charge in [-0.3, -0.25) is 0 Å². The van der Waals surface area contributed by atoms with E-state index in [2.05, 4.69) is 42.7 Å². The van der Waals surface area contributed by atoms with Gasteiger partial charge in [0.25, 0.3) is 0 Å². The molecule has 1 aromatic rings. The van der Waals surface area contributed by atoms with Crippen LogP contribution in [-0.4, -0.2) is 34.7 Å². The van der Waals surface area contributed by atoms with Gasteiger partial charge in [0.2, 0.25) is 5.89 Å². The van der Waals surface area contributed by atoms with Crippen LogP contribution in [0.4, 0.5) is 0 Å². The minimum Gasteiger partial charge on any atom is -0.338 e. The number of hydrogen-bond donors (Lipinski definition) is 1. The predicted octanol–water partition coefficient (Wildman–Crippen LogP) is 2.00. The molecule has 0 aliphatic heterocycles. The molecule has 1 rings (SSSR count). The molecule has 0 aromatic carbocycles. The molecule has 2 N–H and O–H groups in total. The maximum absolute atomic E-state index is 6.01. The summed E-state index contributed by atoms with van der Waals surface area (Å²) in [6, 6.07) is -0.139. The van der Waals surface area contributed by atoms with Crippen LogP contribution in [0.3, 0.4) is 0 Å². The van der Waals surface area contributed by atoms with Crippen LogP contribution in [0.15, 0.2) is 4.52 Å². The number of hydrogen-bond acceptors (Lipinski definition) is 5. The zero-order valence-electron chi connectivity index (χ0n) is 12.0. The van der Waals surface area contributed by atoms with Gasteiger partial charge in [-0.2, -0.15) is 4.98 Å². The van der Waals surface area contributed by atoms with E-state index in [0.717, 1.165) is 38.3 Å². The molecule has 1 aromatic heterocycles. The summed E-state index contributed by atoms with van der Waals surface area (Å²) in [5.41, 5.74) is 6.01. The first-order valence-corrected chi connectivity index (χ1v) is 6.87. The molecule has 0 fully saturated rings. The van der Waals surface area contributed by atoms with Crippen molar-refractivity contribution in [2.75, 3.05) is 19.6 Å². The van der Waals surface area contributed by atoms with E-state index in [4.69, 9.17) is 10.3 Å². The molecule has 0 saturated carbocycles. The van der Waals surface area contributed by atoms with E-state index in [-0.39, 0.29) is 6.04 Å². The molecule has 0 amide bonds. The number of nitrogens with two attached hydrogens (primary N) is 1. The van der Waals surface area contributed by atoms with E-state index in [1.807, 2.05) is 0 Å². The van der Waals surface area contributed by atoms with Crippen molar-refractivity contribution in [1.82, 2.24) is 15.0 Å². The second kappa shape index (κ2) is 7.48. The second-order valence-corrected chi connectivity index (χ2v) is 5.06. The Morgan fingerprint density at radius 2 is 1.94 bits per heavy atom. The molecule has 1 unspecified atom stereocenters. The van der Waals surface area contributed by atoms with Gasteiger partial charge in [0, 0.05) is 13.0 Å². The molecule has 5 nitrogen and oxygen atoms in total. The summed E-state index contributed by atoms with van der Waals surface area (Å²) in [6.07, 6.45) is 1.69. The lowest BCUT2D eigenvalue weighted by molar-refractivity contribution is 0.301. The summed E-state index contributed by atoms with van der Waals surface area (Å²) in [5.74, 6) is 1.86. The van der Waals surface area contributed by atoms with Gasteiger partial charge in [-0.05, 0) is 25.4 Å². The van der Waals surface area contributed by atoms with E-state index in [9.17, 15) is 0 Å². The Morgan fingerprint density at radius 3 is 2.50 bits per heavy atom. The minimum absolute atomic E-state index is 0.139. The molecular weight excluding hydrogens is 228 g/mol. The Hall–Kier alpha value is -0.940.